The molecule has 1 unspecified atom stereocenters. The van der Waals surface area contributed by atoms with Gasteiger partial charge in [0.2, 0.25) is 0 Å². The molecule has 0 amide bonds. The lowest BCUT2D eigenvalue weighted by Gasteiger charge is -2.32. The topological polar surface area (TPSA) is 67.5 Å². The zero-order chi connectivity index (χ0) is 13.9. The van der Waals surface area contributed by atoms with Crippen molar-refractivity contribution in [3.05, 3.63) is 11.9 Å². The van der Waals surface area contributed by atoms with E-state index in [4.69, 9.17) is 4.74 Å². The molecule has 1 aromatic rings. The highest BCUT2D eigenvalue weighted by atomic mass is 16.5. The van der Waals surface area contributed by atoms with Crippen LogP contribution in [0.1, 0.15) is 58.4 Å². The van der Waals surface area contributed by atoms with Gasteiger partial charge in [0, 0.05) is 6.04 Å². The standard InChI is InChI=1S/C13H24N2O3/c1-6-13(17,7-2)12(16)11-10(18-5)8-14-15(11)9(3)4/h8-9,12,16-17H,6-7H2,1-5H3. The molecular formula is C13H24N2O3. The lowest BCUT2D eigenvalue weighted by molar-refractivity contribution is -0.0866. The first-order valence-electron chi connectivity index (χ1n) is 6.43. The van der Waals surface area contributed by atoms with E-state index in [0.717, 1.165) is 0 Å². The predicted octanol–water partition coefficient (Wildman–Crippen LogP) is 2.06. The van der Waals surface area contributed by atoms with Crippen LogP contribution in [0.3, 0.4) is 0 Å². The molecule has 0 spiro atoms. The Morgan fingerprint density at radius 2 is 1.94 bits per heavy atom. The Hall–Kier alpha value is -1.07. The van der Waals surface area contributed by atoms with Crippen LogP contribution in [0.4, 0.5) is 0 Å². The zero-order valence-corrected chi connectivity index (χ0v) is 11.8. The molecule has 5 heteroatoms. The van der Waals surface area contributed by atoms with Crippen LogP contribution >= 0.6 is 0 Å². The second-order valence-electron chi connectivity index (χ2n) is 4.85. The number of aliphatic hydroxyl groups is 2. The summed E-state index contributed by atoms with van der Waals surface area (Å²) >= 11 is 0. The first-order valence-corrected chi connectivity index (χ1v) is 6.43. The van der Waals surface area contributed by atoms with E-state index < -0.39 is 11.7 Å². The maximum Gasteiger partial charge on any atom is 0.162 e. The van der Waals surface area contributed by atoms with E-state index in [1.807, 2.05) is 27.7 Å². The maximum atomic E-state index is 10.5. The van der Waals surface area contributed by atoms with E-state index in [1.165, 1.54) is 7.11 Å². The molecule has 0 radical (unpaired) electrons. The molecule has 2 N–H and O–H groups in total. The SMILES string of the molecule is CCC(O)(CC)C(O)c1c(OC)cnn1C(C)C. The Balaban J connectivity index is 3.25. The smallest absolute Gasteiger partial charge is 0.162 e. The van der Waals surface area contributed by atoms with Crippen LogP contribution in [0.2, 0.25) is 0 Å². The number of nitrogens with zero attached hydrogens (tertiary/aromatic N) is 2. The third-order valence-corrected chi connectivity index (χ3v) is 3.50. The predicted molar refractivity (Wildman–Crippen MR) is 69.7 cm³/mol. The maximum absolute atomic E-state index is 10.5. The largest absolute Gasteiger partial charge is 0.493 e. The summed E-state index contributed by atoms with van der Waals surface area (Å²) in [4.78, 5) is 0. The first-order chi connectivity index (χ1) is 8.41. The summed E-state index contributed by atoms with van der Waals surface area (Å²) in [5.41, 5.74) is -0.612. The van der Waals surface area contributed by atoms with Gasteiger partial charge in [0.05, 0.1) is 18.9 Å². The van der Waals surface area contributed by atoms with Crippen LogP contribution in [0.5, 0.6) is 5.75 Å². The van der Waals surface area contributed by atoms with Crippen molar-refractivity contribution >= 4 is 0 Å². The zero-order valence-electron chi connectivity index (χ0n) is 11.8. The third-order valence-electron chi connectivity index (χ3n) is 3.50. The fourth-order valence-corrected chi connectivity index (χ4v) is 2.08. The van der Waals surface area contributed by atoms with Crippen LogP contribution in [0, 0.1) is 0 Å². The number of hydrogen-bond donors (Lipinski definition) is 2. The van der Waals surface area contributed by atoms with Gasteiger partial charge in [-0.3, -0.25) is 4.68 Å². The van der Waals surface area contributed by atoms with Crippen LogP contribution < -0.4 is 4.74 Å². The van der Waals surface area contributed by atoms with Crippen LogP contribution in [0.25, 0.3) is 0 Å². The molecule has 1 rings (SSSR count). The Morgan fingerprint density at radius 1 is 1.39 bits per heavy atom. The van der Waals surface area contributed by atoms with Crippen molar-refractivity contribution in [1.29, 1.82) is 0 Å². The highest BCUT2D eigenvalue weighted by molar-refractivity contribution is 5.29. The number of hydrogen-bond acceptors (Lipinski definition) is 4. The molecule has 18 heavy (non-hydrogen) atoms. The molecule has 0 fully saturated rings. The molecule has 0 aliphatic rings. The molecule has 0 saturated carbocycles. The summed E-state index contributed by atoms with van der Waals surface area (Å²) in [6, 6.07) is 0.0940. The minimum Gasteiger partial charge on any atom is -0.493 e. The van der Waals surface area contributed by atoms with Gasteiger partial charge in [-0.15, -0.1) is 0 Å². The second kappa shape index (κ2) is 5.71. The van der Waals surface area contributed by atoms with Crippen molar-refractivity contribution in [3.63, 3.8) is 0 Å². The van der Waals surface area contributed by atoms with E-state index in [9.17, 15) is 10.2 Å². The average Bonchev–Trinajstić information content (AvgIpc) is 2.80. The number of ether oxygens (including phenoxy) is 1. The van der Waals surface area contributed by atoms with E-state index in [1.54, 1.807) is 10.9 Å². The summed E-state index contributed by atoms with van der Waals surface area (Å²) < 4.78 is 6.92. The van der Waals surface area contributed by atoms with Gasteiger partial charge in [-0.2, -0.15) is 5.10 Å². The second-order valence-corrected chi connectivity index (χ2v) is 4.85. The monoisotopic (exact) mass is 256 g/mol. The van der Waals surface area contributed by atoms with E-state index in [2.05, 4.69) is 5.10 Å². The van der Waals surface area contributed by atoms with Gasteiger partial charge >= 0.3 is 0 Å². The first kappa shape index (κ1) is 15.0. The Labute approximate surface area is 108 Å². The third kappa shape index (κ3) is 2.52. The van der Waals surface area contributed by atoms with Crippen LogP contribution in [-0.4, -0.2) is 32.7 Å². The quantitative estimate of drug-likeness (QED) is 0.817. The molecule has 104 valence electrons. The molecule has 0 aliphatic carbocycles. The summed E-state index contributed by atoms with van der Waals surface area (Å²) in [5.74, 6) is 0.511. The molecule has 1 aromatic heterocycles. The van der Waals surface area contributed by atoms with Gasteiger partial charge in [-0.25, -0.2) is 0 Å². The van der Waals surface area contributed by atoms with Gasteiger partial charge in [0.25, 0.3) is 0 Å². The highest BCUT2D eigenvalue weighted by Gasteiger charge is 2.37. The van der Waals surface area contributed by atoms with Gasteiger partial charge in [0.1, 0.15) is 11.8 Å². The Morgan fingerprint density at radius 3 is 2.33 bits per heavy atom. The van der Waals surface area contributed by atoms with Crippen LogP contribution in [-0.2, 0) is 0 Å². The van der Waals surface area contributed by atoms with Gasteiger partial charge in [-0.05, 0) is 26.7 Å². The van der Waals surface area contributed by atoms with Gasteiger partial charge in [0.15, 0.2) is 5.75 Å². The fourth-order valence-electron chi connectivity index (χ4n) is 2.08. The molecule has 5 nitrogen and oxygen atoms in total. The summed E-state index contributed by atoms with van der Waals surface area (Å²) in [7, 11) is 1.54. The molecule has 0 aliphatic heterocycles. The fraction of sp³-hybridized carbons (Fsp3) is 0.769. The normalized spacial score (nSPS) is 14.0. The number of methoxy groups -OCH3 is 1. The minimum absolute atomic E-state index is 0.0940. The molecule has 0 saturated heterocycles. The van der Waals surface area contributed by atoms with E-state index in [-0.39, 0.29) is 6.04 Å². The Kier molecular flexibility index (Phi) is 4.76. The van der Waals surface area contributed by atoms with E-state index in [0.29, 0.717) is 24.3 Å². The molecule has 0 aromatic carbocycles. The molecule has 1 atom stereocenters. The van der Waals surface area contributed by atoms with Crippen molar-refractivity contribution in [2.75, 3.05) is 7.11 Å². The van der Waals surface area contributed by atoms with Crippen LogP contribution in [0.15, 0.2) is 6.20 Å². The number of aliphatic hydroxyl groups excluding tert-OH is 1. The average molecular weight is 256 g/mol. The molecule has 1 heterocycles. The van der Waals surface area contributed by atoms with Crippen molar-refractivity contribution in [3.8, 4) is 5.75 Å². The van der Waals surface area contributed by atoms with Crippen molar-refractivity contribution in [2.24, 2.45) is 0 Å². The van der Waals surface area contributed by atoms with Crippen molar-refractivity contribution in [2.45, 2.75) is 58.3 Å². The minimum atomic E-state index is -1.15. The van der Waals surface area contributed by atoms with Gasteiger partial charge in [-0.1, -0.05) is 13.8 Å². The van der Waals surface area contributed by atoms with Crippen molar-refractivity contribution in [1.82, 2.24) is 9.78 Å². The summed E-state index contributed by atoms with van der Waals surface area (Å²) in [5, 5.41) is 25.1. The Bertz CT molecular complexity index is 384. The number of aromatic nitrogens is 2. The lowest BCUT2D eigenvalue weighted by atomic mass is 9.88. The molecular weight excluding hydrogens is 232 g/mol. The van der Waals surface area contributed by atoms with E-state index >= 15 is 0 Å². The molecule has 0 bridgehead atoms. The van der Waals surface area contributed by atoms with Gasteiger partial charge < -0.3 is 14.9 Å². The lowest BCUT2D eigenvalue weighted by Crippen LogP contribution is -2.36. The number of rotatable bonds is 6. The summed E-state index contributed by atoms with van der Waals surface area (Å²) in [6.07, 6.45) is 1.51. The summed E-state index contributed by atoms with van der Waals surface area (Å²) in [6.45, 7) is 7.66. The highest BCUT2D eigenvalue weighted by Crippen LogP contribution is 2.37. The van der Waals surface area contributed by atoms with Crippen molar-refractivity contribution < 1.29 is 14.9 Å².